The van der Waals surface area contributed by atoms with Crippen LogP contribution in [0.3, 0.4) is 0 Å². The maximum Gasteiger partial charge on any atom is 0.133 e. The normalized spacial score (nSPS) is 10.4. The smallest absolute Gasteiger partial charge is 0.133 e. The molecule has 0 bridgehead atoms. The molecule has 2 N–H and O–H groups in total. The van der Waals surface area contributed by atoms with E-state index in [1.165, 1.54) is 5.56 Å². The van der Waals surface area contributed by atoms with Gasteiger partial charge in [0.15, 0.2) is 0 Å². The molecule has 0 amide bonds. The van der Waals surface area contributed by atoms with Crippen LogP contribution in [0.2, 0.25) is 0 Å². The lowest BCUT2D eigenvalue weighted by Gasteiger charge is -2.03. The zero-order chi connectivity index (χ0) is 14.2. The van der Waals surface area contributed by atoms with Crippen molar-refractivity contribution < 1.29 is 4.79 Å². The van der Waals surface area contributed by atoms with Gasteiger partial charge >= 0.3 is 0 Å². The van der Waals surface area contributed by atoms with E-state index in [9.17, 15) is 4.79 Å². The summed E-state index contributed by atoms with van der Waals surface area (Å²) < 4.78 is 0. The molecule has 3 nitrogen and oxygen atoms in total. The summed E-state index contributed by atoms with van der Waals surface area (Å²) in [5.41, 5.74) is 8.99. The molecule has 1 aromatic carbocycles. The van der Waals surface area contributed by atoms with Crippen molar-refractivity contribution in [1.82, 2.24) is 4.98 Å². The van der Waals surface area contributed by atoms with E-state index >= 15 is 0 Å². The fraction of sp³-hybridized carbons (Fsp3) is 0.294. The van der Waals surface area contributed by atoms with Gasteiger partial charge in [-0.3, -0.25) is 9.78 Å². The van der Waals surface area contributed by atoms with Crippen LogP contribution in [-0.2, 0) is 24.2 Å². The molecule has 1 heterocycles. The second-order valence-corrected chi connectivity index (χ2v) is 4.92. The molecule has 0 aliphatic carbocycles. The largest absolute Gasteiger partial charge is 0.326 e. The number of aromatic nitrogens is 1. The van der Waals surface area contributed by atoms with Crippen molar-refractivity contribution in [2.75, 3.05) is 0 Å². The third kappa shape index (κ3) is 4.59. The van der Waals surface area contributed by atoms with E-state index in [2.05, 4.69) is 17.1 Å². The highest BCUT2D eigenvalue weighted by Gasteiger charge is 2.04. The molecule has 20 heavy (non-hydrogen) atoms. The Morgan fingerprint density at radius 1 is 0.950 bits per heavy atom. The van der Waals surface area contributed by atoms with E-state index in [1.54, 1.807) is 6.20 Å². The number of aryl methyl sites for hydroxylation is 2. The molecule has 104 valence electrons. The summed E-state index contributed by atoms with van der Waals surface area (Å²) in [7, 11) is 0. The van der Waals surface area contributed by atoms with Gasteiger partial charge < -0.3 is 5.73 Å². The van der Waals surface area contributed by atoms with Gasteiger partial charge in [0.25, 0.3) is 0 Å². The van der Waals surface area contributed by atoms with E-state index in [4.69, 9.17) is 5.73 Å². The zero-order valence-corrected chi connectivity index (χ0v) is 11.6. The minimum absolute atomic E-state index is 0.303. The zero-order valence-electron chi connectivity index (χ0n) is 11.6. The standard InChI is InChI=1S/C17H20N2O/c18-12-15-5-3-14(4-6-15)7-9-17(20)10-8-16-2-1-11-19-13-16/h1-6,11,13H,7-10,12,18H2. The molecule has 2 rings (SSSR count). The van der Waals surface area contributed by atoms with Crippen molar-refractivity contribution in [2.24, 2.45) is 5.73 Å². The fourth-order valence-corrected chi connectivity index (χ4v) is 2.08. The highest BCUT2D eigenvalue weighted by Crippen LogP contribution is 2.09. The number of benzene rings is 1. The highest BCUT2D eigenvalue weighted by atomic mass is 16.1. The Hall–Kier alpha value is -2.00. The minimum atomic E-state index is 0.303. The third-order valence-corrected chi connectivity index (χ3v) is 3.37. The van der Waals surface area contributed by atoms with Crippen LogP contribution in [0.4, 0.5) is 0 Å². The number of hydrogen-bond donors (Lipinski definition) is 1. The summed E-state index contributed by atoms with van der Waals surface area (Å²) in [6, 6.07) is 12.1. The lowest BCUT2D eigenvalue weighted by Crippen LogP contribution is -2.03. The van der Waals surface area contributed by atoms with Gasteiger partial charge in [-0.1, -0.05) is 30.3 Å². The molecule has 0 saturated carbocycles. The first-order valence-corrected chi connectivity index (χ1v) is 6.96. The Morgan fingerprint density at radius 3 is 2.20 bits per heavy atom. The highest BCUT2D eigenvalue weighted by molar-refractivity contribution is 5.78. The number of hydrogen-bond acceptors (Lipinski definition) is 3. The Bertz CT molecular complexity index is 535. The Labute approximate surface area is 119 Å². The topological polar surface area (TPSA) is 56.0 Å². The van der Waals surface area contributed by atoms with Gasteiger partial charge in [0, 0.05) is 31.8 Å². The predicted octanol–water partition coefficient (Wildman–Crippen LogP) is 2.67. The summed E-state index contributed by atoms with van der Waals surface area (Å²) in [4.78, 5) is 15.9. The first-order valence-electron chi connectivity index (χ1n) is 6.96. The van der Waals surface area contributed by atoms with Gasteiger partial charge in [-0.05, 0) is 35.6 Å². The first kappa shape index (κ1) is 14.4. The van der Waals surface area contributed by atoms with Crippen LogP contribution in [0.5, 0.6) is 0 Å². The van der Waals surface area contributed by atoms with Gasteiger partial charge in [-0.25, -0.2) is 0 Å². The van der Waals surface area contributed by atoms with Crippen molar-refractivity contribution >= 4 is 5.78 Å². The number of rotatable bonds is 7. The van der Waals surface area contributed by atoms with Crippen molar-refractivity contribution in [1.29, 1.82) is 0 Å². The molecule has 0 saturated heterocycles. The SMILES string of the molecule is NCc1ccc(CCC(=O)CCc2cccnc2)cc1. The van der Waals surface area contributed by atoms with Crippen LogP contribution in [0.25, 0.3) is 0 Å². The second-order valence-electron chi connectivity index (χ2n) is 4.92. The van der Waals surface area contributed by atoms with Crippen molar-refractivity contribution in [2.45, 2.75) is 32.2 Å². The van der Waals surface area contributed by atoms with Gasteiger partial charge in [0.05, 0.1) is 0 Å². The molecule has 0 fully saturated rings. The van der Waals surface area contributed by atoms with E-state index in [-0.39, 0.29) is 0 Å². The fourth-order valence-electron chi connectivity index (χ4n) is 2.08. The van der Waals surface area contributed by atoms with Crippen molar-refractivity contribution in [3.63, 3.8) is 0 Å². The van der Waals surface area contributed by atoms with E-state index in [0.29, 0.717) is 25.2 Å². The second kappa shape index (κ2) is 7.56. The van der Waals surface area contributed by atoms with Crippen LogP contribution in [0.15, 0.2) is 48.8 Å². The molecular formula is C17H20N2O. The molecule has 3 heteroatoms. The third-order valence-electron chi connectivity index (χ3n) is 3.37. The van der Waals surface area contributed by atoms with Gasteiger partial charge in [0.1, 0.15) is 5.78 Å². The molecule has 0 aliphatic rings. The maximum absolute atomic E-state index is 11.9. The number of pyridine rings is 1. The van der Waals surface area contributed by atoms with Crippen LogP contribution >= 0.6 is 0 Å². The predicted molar refractivity (Wildman–Crippen MR) is 80.2 cm³/mol. The quantitative estimate of drug-likeness (QED) is 0.840. The molecule has 0 unspecified atom stereocenters. The number of nitrogens with two attached hydrogens (primary N) is 1. The lowest BCUT2D eigenvalue weighted by atomic mass is 10.0. The number of nitrogens with zero attached hydrogens (tertiary/aromatic N) is 1. The number of ketones is 1. The summed E-state index contributed by atoms with van der Waals surface area (Å²) >= 11 is 0. The molecule has 2 aromatic rings. The number of carbonyl (C=O) groups excluding carboxylic acids is 1. The minimum Gasteiger partial charge on any atom is -0.326 e. The van der Waals surface area contributed by atoms with E-state index in [0.717, 1.165) is 24.0 Å². The van der Waals surface area contributed by atoms with Gasteiger partial charge in [-0.15, -0.1) is 0 Å². The van der Waals surface area contributed by atoms with E-state index in [1.807, 2.05) is 30.5 Å². The molecule has 0 aliphatic heterocycles. The number of Topliss-reactive ketones (excluding diaryl/α,β-unsaturated/α-hetero) is 1. The maximum atomic E-state index is 11.9. The summed E-state index contributed by atoms with van der Waals surface area (Å²) in [5, 5.41) is 0. The van der Waals surface area contributed by atoms with Gasteiger partial charge in [0.2, 0.25) is 0 Å². The van der Waals surface area contributed by atoms with Crippen LogP contribution in [0, 0.1) is 0 Å². The van der Waals surface area contributed by atoms with E-state index < -0.39 is 0 Å². The Morgan fingerprint density at radius 2 is 1.60 bits per heavy atom. The molecule has 0 atom stereocenters. The van der Waals surface area contributed by atoms with Gasteiger partial charge in [-0.2, -0.15) is 0 Å². The van der Waals surface area contributed by atoms with Crippen LogP contribution < -0.4 is 5.73 Å². The molecule has 1 aromatic heterocycles. The van der Waals surface area contributed by atoms with Crippen molar-refractivity contribution in [3.8, 4) is 0 Å². The summed E-state index contributed by atoms with van der Waals surface area (Å²) in [5.74, 6) is 0.303. The van der Waals surface area contributed by atoms with Crippen LogP contribution in [-0.4, -0.2) is 10.8 Å². The lowest BCUT2D eigenvalue weighted by molar-refractivity contribution is -0.119. The average molecular weight is 268 g/mol. The first-order chi connectivity index (χ1) is 9.78. The monoisotopic (exact) mass is 268 g/mol. The average Bonchev–Trinajstić information content (AvgIpc) is 2.52. The van der Waals surface area contributed by atoms with Crippen LogP contribution in [0.1, 0.15) is 29.5 Å². The van der Waals surface area contributed by atoms with Crippen molar-refractivity contribution in [3.05, 3.63) is 65.5 Å². The summed E-state index contributed by atoms with van der Waals surface area (Å²) in [6.07, 6.45) is 6.33. The molecule has 0 radical (unpaired) electrons. The Balaban J connectivity index is 1.74. The Kier molecular flexibility index (Phi) is 5.44. The number of carbonyl (C=O) groups is 1. The molecular weight excluding hydrogens is 248 g/mol. The summed E-state index contributed by atoms with van der Waals surface area (Å²) in [6.45, 7) is 0.560. The molecule has 0 spiro atoms.